The largest absolute Gasteiger partial charge is 0.478 e. The second-order valence-corrected chi connectivity index (χ2v) is 5.34. The molecule has 21 heavy (non-hydrogen) atoms. The van der Waals surface area contributed by atoms with Gasteiger partial charge in [-0.15, -0.1) is 5.10 Å². The van der Waals surface area contributed by atoms with Crippen LogP contribution in [0, 0.1) is 6.92 Å². The van der Waals surface area contributed by atoms with Crippen molar-refractivity contribution in [3.8, 4) is 0 Å². The number of carbonyl (C=O) groups excluding carboxylic acids is 1. The second kappa shape index (κ2) is 6.45. The molecule has 1 amide bonds. The first-order valence-corrected chi connectivity index (χ1v) is 7.26. The molecule has 7 heteroatoms. The number of amides is 1. The highest BCUT2D eigenvalue weighted by Crippen LogP contribution is 2.20. The van der Waals surface area contributed by atoms with Gasteiger partial charge >= 0.3 is 5.97 Å². The first kappa shape index (κ1) is 15.1. The molecule has 0 aliphatic carbocycles. The monoisotopic (exact) mass is 305 g/mol. The number of benzene rings is 1. The Hall–Kier alpha value is -2.28. The number of hydrogen-bond acceptors (Lipinski definition) is 5. The summed E-state index contributed by atoms with van der Waals surface area (Å²) in [6.45, 7) is 3.76. The number of hydrogen-bond donors (Lipinski definition) is 2. The van der Waals surface area contributed by atoms with E-state index in [1.807, 2.05) is 6.92 Å². The SMILES string of the molecule is CCCc1nnsc1C(=O)Nc1ccc(C(=O)O)cc1C. The van der Waals surface area contributed by atoms with E-state index in [0.29, 0.717) is 28.2 Å². The molecule has 110 valence electrons. The topological polar surface area (TPSA) is 92.2 Å². The minimum atomic E-state index is -0.993. The highest BCUT2D eigenvalue weighted by molar-refractivity contribution is 7.08. The van der Waals surface area contributed by atoms with Crippen molar-refractivity contribution in [2.24, 2.45) is 0 Å². The summed E-state index contributed by atoms with van der Waals surface area (Å²) in [5.41, 5.74) is 2.16. The van der Waals surface area contributed by atoms with Crippen LogP contribution in [0.2, 0.25) is 0 Å². The third-order valence-electron chi connectivity index (χ3n) is 2.97. The fourth-order valence-electron chi connectivity index (χ4n) is 1.90. The average molecular weight is 305 g/mol. The molecule has 1 heterocycles. The predicted molar refractivity (Wildman–Crippen MR) is 80.0 cm³/mol. The molecular weight excluding hydrogens is 290 g/mol. The molecule has 0 aliphatic rings. The van der Waals surface area contributed by atoms with Crippen molar-refractivity contribution >= 4 is 29.1 Å². The van der Waals surface area contributed by atoms with Crippen molar-refractivity contribution in [3.63, 3.8) is 0 Å². The summed E-state index contributed by atoms with van der Waals surface area (Å²) in [6, 6.07) is 4.57. The maximum absolute atomic E-state index is 12.2. The highest BCUT2D eigenvalue weighted by Gasteiger charge is 2.16. The number of nitrogens with zero attached hydrogens (tertiary/aromatic N) is 2. The highest BCUT2D eigenvalue weighted by atomic mass is 32.1. The van der Waals surface area contributed by atoms with E-state index in [2.05, 4.69) is 14.9 Å². The number of aromatic nitrogens is 2. The molecule has 0 spiro atoms. The Balaban J connectivity index is 2.19. The van der Waals surface area contributed by atoms with Crippen LogP contribution < -0.4 is 5.32 Å². The molecule has 6 nitrogen and oxygen atoms in total. The van der Waals surface area contributed by atoms with Crippen molar-refractivity contribution in [3.05, 3.63) is 39.9 Å². The lowest BCUT2D eigenvalue weighted by Gasteiger charge is -2.08. The summed E-state index contributed by atoms with van der Waals surface area (Å²) in [4.78, 5) is 23.6. The fourth-order valence-corrected chi connectivity index (χ4v) is 2.50. The summed E-state index contributed by atoms with van der Waals surface area (Å²) in [5.74, 6) is -1.26. The zero-order valence-corrected chi connectivity index (χ0v) is 12.5. The maximum Gasteiger partial charge on any atom is 0.335 e. The number of aromatic carboxylic acids is 1. The van der Waals surface area contributed by atoms with Gasteiger partial charge in [0.05, 0.1) is 11.3 Å². The summed E-state index contributed by atoms with van der Waals surface area (Å²) in [6.07, 6.45) is 1.59. The van der Waals surface area contributed by atoms with Gasteiger partial charge in [0.2, 0.25) is 0 Å². The molecule has 2 N–H and O–H groups in total. The zero-order valence-electron chi connectivity index (χ0n) is 11.7. The van der Waals surface area contributed by atoms with Gasteiger partial charge in [-0.1, -0.05) is 17.8 Å². The van der Waals surface area contributed by atoms with E-state index in [1.54, 1.807) is 13.0 Å². The lowest BCUT2D eigenvalue weighted by molar-refractivity contribution is 0.0696. The van der Waals surface area contributed by atoms with Crippen LogP contribution >= 0.6 is 11.5 Å². The number of carbonyl (C=O) groups is 2. The summed E-state index contributed by atoms with van der Waals surface area (Å²) >= 11 is 1.06. The predicted octanol–water partition coefficient (Wildman–Crippen LogP) is 2.75. The fraction of sp³-hybridized carbons (Fsp3) is 0.286. The van der Waals surface area contributed by atoms with Crippen molar-refractivity contribution in [2.45, 2.75) is 26.7 Å². The van der Waals surface area contributed by atoms with Gasteiger partial charge in [-0.25, -0.2) is 4.79 Å². The quantitative estimate of drug-likeness (QED) is 0.886. The Kier molecular flexibility index (Phi) is 4.64. The number of carboxylic acids is 1. The second-order valence-electron chi connectivity index (χ2n) is 4.59. The van der Waals surface area contributed by atoms with Gasteiger partial charge in [-0.3, -0.25) is 4.79 Å². The van der Waals surface area contributed by atoms with Crippen LogP contribution in [-0.4, -0.2) is 26.6 Å². The molecule has 0 atom stereocenters. The third kappa shape index (κ3) is 3.43. The van der Waals surface area contributed by atoms with E-state index in [-0.39, 0.29) is 11.5 Å². The number of rotatable bonds is 5. The van der Waals surface area contributed by atoms with Gasteiger partial charge < -0.3 is 10.4 Å². The number of carboxylic acid groups (broad SMARTS) is 1. The summed E-state index contributed by atoms with van der Waals surface area (Å²) in [5, 5.41) is 15.7. The van der Waals surface area contributed by atoms with E-state index in [0.717, 1.165) is 18.0 Å². The molecule has 0 bridgehead atoms. The molecule has 0 fully saturated rings. The molecule has 0 unspecified atom stereocenters. The lowest BCUT2D eigenvalue weighted by Crippen LogP contribution is -2.13. The van der Waals surface area contributed by atoms with Gasteiger partial charge in [0, 0.05) is 5.69 Å². The van der Waals surface area contributed by atoms with Crippen LogP contribution in [0.15, 0.2) is 18.2 Å². The molecule has 0 saturated carbocycles. The van der Waals surface area contributed by atoms with Crippen LogP contribution in [0.25, 0.3) is 0 Å². The number of anilines is 1. The van der Waals surface area contributed by atoms with Crippen LogP contribution in [0.4, 0.5) is 5.69 Å². The normalized spacial score (nSPS) is 10.4. The van der Waals surface area contributed by atoms with E-state index in [4.69, 9.17) is 5.11 Å². The Morgan fingerprint density at radius 2 is 2.14 bits per heavy atom. The smallest absolute Gasteiger partial charge is 0.335 e. The first-order valence-electron chi connectivity index (χ1n) is 6.49. The first-order chi connectivity index (χ1) is 10.0. The summed E-state index contributed by atoms with van der Waals surface area (Å²) in [7, 11) is 0. The molecule has 2 rings (SSSR count). The van der Waals surface area contributed by atoms with Crippen molar-refractivity contribution < 1.29 is 14.7 Å². The minimum absolute atomic E-state index is 0.191. The Morgan fingerprint density at radius 1 is 1.38 bits per heavy atom. The minimum Gasteiger partial charge on any atom is -0.478 e. The molecule has 2 aromatic rings. The number of aryl methyl sites for hydroxylation is 2. The number of nitrogens with one attached hydrogen (secondary N) is 1. The van der Waals surface area contributed by atoms with Crippen LogP contribution in [0.3, 0.4) is 0 Å². The van der Waals surface area contributed by atoms with Crippen LogP contribution in [-0.2, 0) is 6.42 Å². The maximum atomic E-state index is 12.2. The van der Waals surface area contributed by atoms with Crippen molar-refractivity contribution in [1.82, 2.24) is 9.59 Å². The van der Waals surface area contributed by atoms with Crippen LogP contribution in [0.1, 0.15) is 44.6 Å². The molecule has 1 aromatic heterocycles. The van der Waals surface area contributed by atoms with Crippen LogP contribution in [0.5, 0.6) is 0 Å². The van der Waals surface area contributed by atoms with Crippen molar-refractivity contribution in [1.29, 1.82) is 0 Å². The van der Waals surface area contributed by atoms with E-state index < -0.39 is 5.97 Å². The van der Waals surface area contributed by atoms with Gasteiger partial charge in [0.15, 0.2) is 0 Å². The molecule has 0 saturated heterocycles. The zero-order chi connectivity index (χ0) is 15.4. The van der Waals surface area contributed by atoms with E-state index in [9.17, 15) is 9.59 Å². The van der Waals surface area contributed by atoms with Crippen molar-refractivity contribution in [2.75, 3.05) is 5.32 Å². The molecule has 1 aromatic carbocycles. The molecule has 0 radical (unpaired) electrons. The standard InChI is InChI=1S/C14H15N3O3S/c1-3-4-11-12(21-17-16-11)13(18)15-10-6-5-9(14(19)20)7-8(10)2/h5-7H,3-4H2,1-2H3,(H,15,18)(H,19,20). The lowest BCUT2D eigenvalue weighted by atomic mass is 10.1. The van der Waals surface area contributed by atoms with Gasteiger partial charge in [0.25, 0.3) is 5.91 Å². The average Bonchev–Trinajstić information content (AvgIpc) is 2.89. The Labute approximate surface area is 126 Å². The van der Waals surface area contributed by atoms with E-state index >= 15 is 0 Å². The van der Waals surface area contributed by atoms with Gasteiger partial charge in [0.1, 0.15) is 4.88 Å². The summed E-state index contributed by atoms with van der Waals surface area (Å²) < 4.78 is 3.82. The third-order valence-corrected chi connectivity index (χ3v) is 3.74. The van der Waals surface area contributed by atoms with E-state index in [1.165, 1.54) is 12.1 Å². The molecular formula is C14H15N3O3S. The van der Waals surface area contributed by atoms with Gasteiger partial charge in [-0.05, 0) is 48.6 Å². The van der Waals surface area contributed by atoms with Gasteiger partial charge in [-0.2, -0.15) is 0 Å². The Morgan fingerprint density at radius 3 is 2.76 bits per heavy atom. The Bertz CT molecular complexity index is 682. The molecule has 0 aliphatic heterocycles.